The zero-order valence-electron chi connectivity index (χ0n) is 7.82. The fourth-order valence-electron chi connectivity index (χ4n) is 1.04. The normalized spacial score (nSPS) is 10.0. The van der Waals surface area contributed by atoms with Crippen molar-refractivity contribution >= 4 is 9.47 Å². The van der Waals surface area contributed by atoms with Crippen molar-refractivity contribution in [1.29, 1.82) is 0 Å². The number of ether oxygens (including phenoxy) is 1. The first-order valence-corrected chi connectivity index (χ1v) is 4.81. The van der Waals surface area contributed by atoms with Crippen molar-refractivity contribution in [3.8, 4) is 5.75 Å². The van der Waals surface area contributed by atoms with Gasteiger partial charge in [0.1, 0.15) is 5.75 Å². The zero-order valence-corrected chi connectivity index (χ0v) is 8.98. The van der Waals surface area contributed by atoms with Crippen molar-refractivity contribution < 1.29 is 9.26 Å². The standard InChI is InChI=1S/C10H15O2P/c1-9-4-2-5-10(8-9)11-6-3-7-12-13/h2,4-5,8H,3,6-7,13H2,1H3. The number of aryl methyl sites for hydroxylation is 1. The highest BCUT2D eigenvalue weighted by molar-refractivity contribution is 7.09. The third kappa shape index (κ3) is 4.25. The Balaban J connectivity index is 2.28. The predicted octanol–water partition coefficient (Wildman–Crippen LogP) is 2.57. The van der Waals surface area contributed by atoms with Gasteiger partial charge >= 0.3 is 0 Å². The monoisotopic (exact) mass is 198 g/mol. The molecule has 0 spiro atoms. The summed E-state index contributed by atoms with van der Waals surface area (Å²) in [5.41, 5.74) is 1.22. The van der Waals surface area contributed by atoms with Gasteiger partial charge in [0, 0.05) is 15.9 Å². The van der Waals surface area contributed by atoms with Gasteiger partial charge < -0.3 is 9.26 Å². The smallest absolute Gasteiger partial charge is 0.119 e. The van der Waals surface area contributed by atoms with Crippen LogP contribution in [0.3, 0.4) is 0 Å². The van der Waals surface area contributed by atoms with E-state index in [2.05, 4.69) is 22.5 Å². The summed E-state index contributed by atoms with van der Waals surface area (Å²) in [6, 6.07) is 8.05. The van der Waals surface area contributed by atoms with Gasteiger partial charge in [0.25, 0.3) is 0 Å². The summed E-state index contributed by atoms with van der Waals surface area (Å²) in [7, 11) is 2.23. The van der Waals surface area contributed by atoms with Gasteiger partial charge in [0.15, 0.2) is 0 Å². The fraction of sp³-hybridized carbons (Fsp3) is 0.400. The first-order chi connectivity index (χ1) is 6.33. The van der Waals surface area contributed by atoms with Crippen LogP contribution in [0.15, 0.2) is 24.3 Å². The summed E-state index contributed by atoms with van der Waals surface area (Å²) < 4.78 is 10.3. The topological polar surface area (TPSA) is 18.5 Å². The molecule has 13 heavy (non-hydrogen) atoms. The summed E-state index contributed by atoms with van der Waals surface area (Å²) in [5, 5.41) is 0. The van der Waals surface area contributed by atoms with E-state index < -0.39 is 0 Å². The molecule has 1 rings (SSSR count). The first-order valence-electron chi connectivity index (χ1n) is 4.34. The molecule has 0 saturated carbocycles. The van der Waals surface area contributed by atoms with Gasteiger partial charge in [0.05, 0.1) is 13.2 Å². The molecule has 0 radical (unpaired) electrons. The van der Waals surface area contributed by atoms with Crippen LogP contribution >= 0.6 is 9.47 Å². The lowest BCUT2D eigenvalue weighted by molar-refractivity contribution is 0.266. The van der Waals surface area contributed by atoms with E-state index >= 15 is 0 Å². The molecule has 0 aromatic heterocycles. The molecule has 0 aliphatic heterocycles. The molecular weight excluding hydrogens is 183 g/mol. The number of rotatable bonds is 5. The van der Waals surface area contributed by atoms with Crippen molar-refractivity contribution in [1.82, 2.24) is 0 Å². The van der Waals surface area contributed by atoms with E-state index in [1.54, 1.807) is 0 Å². The maximum Gasteiger partial charge on any atom is 0.119 e. The summed E-state index contributed by atoms with van der Waals surface area (Å²) in [6.45, 7) is 3.48. The van der Waals surface area contributed by atoms with Gasteiger partial charge in [-0.05, 0) is 24.6 Å². The minimum atomic E-state index is 0.706. The summed E-state index contributed by atoms with van der Waals surface area (Å²) in [4.78, 5) is 0. The minimum absolute atomic E-state index is 0.706. The maximum atomic E-state index is 5.50. The Morgan fingerprint density at radius 3 is 2.85 bits per heavy atom. The largest absolute Gasteiger partial charge is 0.493 e. The highest BCUT2D eigenvalue weighted by Crippen LogP contribution is 2.12. The van der Waals surface area contributed by atoms with Crippen molar-refractivity contribution in [2.24, 2.45) is 0 Å². The van der Waals surface area contributed by atoms with Crippen LogP contribution < -0.4 is 4.74 Å². The second-order valence-corrected chi connectivity index (χ2v) is 3.22. The van der Waals surface area contributed by atoms with E-state index in [1.165, 1.54) is 5.56 Å². The molecular formula is C10H15O2P. The molecule has 1 atom stereocenters. The van der Waals surface area contributed by atoms with E-state index in [4.69, 9.17) is 9.26 Å². The van der Waals surface area contributed by atoms with Crippen molar-refractivity contribution in [3.63, 3.8) is 0 Å². The Morgan fingerprint density at radius 2 is 2.15 bits per heavy atom. The molecule has 0 N–H and O–H groups in total. The van der Waals surface area contributed by atoms with Crippen LogP contribution in [-0.2, 0) is 4.52 Å². The fourth-order valence-corrected chi connectivity index (χ4v) is 1.20. The second-order valence-electron chi connectivity index (χ2n) is 2.89. The Morgan fingerprint density at radius 1 is 1.31 bits per heavy atom. The van der Waals surface area contributed by atoms with Gasteiger partial charge in [-0.2, -0.15) is 0 Å². The van der Waals surface area contributed by atoms with E-state index in [0.717, 1.165) is 18.8 Å². The molecule has 0 saturated heterocycles. The molecule has 0 aliphatic rings. The molecule has 0 heterocycles. The number of hydrogen-bond donors (Lipinski definition) is 0. The third-order valence-corrected chi connectivity index (χ3v) is 1.90. The van der Waals surface area contributed by atoms with Crippen LogP contribution in [0.25, 0.3) is 0 Å². The lowest BCUT2D eigenvalue weighted by Gasteiger charge is -2.05. The molecule has 72 valence electrons. The predicted molar refractivity (Wildman–Crippen MR) is 57.0 cm³/mol. The first kappa shape index (κ1) is 10.5. The molecule has 0 bridgehead atoms. The summed E-state index contributed by atoms with van der Waals surface area (Å²) in [6.07, 6.45) is 0.914. The molecule has 0 amide bonds. The molecule has 0 fully saturated rings. The van der Waals surface area contributed by atoms with Gasteiger partial charge in [-0.1, -0.05) is 12.1 Å². The average Bonchev–Trinajstić information content (AvgIpc) is 2.13. The average molecular weight is 198 g/mol. The van der Waals surface area contributed by atoms with Crippen molar-refractivity contribution in [2.45, 2.75) is 13.3 Å². The Hall–Kier alpha value is -0.590. The van der Waals surface area contributed by atoms with Crippen LogP contribution in [0, 0.1) is 6.92 Å². The van der Waals surface area contributed by atoms with Crippen LogP contribution in [0.2, 0.25) is 0 Å². The van der Waals surface area contributed by atoms with E-state index in [-0.39, 0.29) is 0 Å². The SMILES string of the molecule is Cc1cccc(OCCCOP)c1. The quantitative estimate of drug-likeness (QED) is 0.534. The van der Waals surface area contributed by atoms with Crippen molar-refractivity contribution in [3.05, 3.63) is 29.8 Å². The van der Waals surface area contributed by atoms with E-state index in [1.807, 2.05) is 18.2 Å². The summed E-state index contributed by atoms with van der Waals surface area (Å²) in [5.74, 6) is 0.934. The molecule has 0 aliphatic carbocycles. The molecule has 1 aromatic rings. The van der Waals surface area contributed by atoms with Gasteiger partial charge in [-0.25, -0.2) is 0 Å². The van der Waals surface area contributed by atoms with Crippen LogP contribution in [0.4, 0.5) is 0 Å². The third-order valence-electron chi connectivity index (χ3n) is 1.66. The summed E-state index contributed by atoms with van der Waals surface area (Å²) >= 11 is 0. The maximum absolute atomic E-state index is 5.50. The molecule has 1 aromatic carbocycles. The van der Waals surface area contributed by atoms with Gasteiger partial charge in [-0.3, -0.25) is 0 Å². The molecule has 3 heteroatoms. The van der Waals surface area contributed by atoms with Crippen LogP contribution in [-0.4, -0.2) is 13.2 Å². The second kappa shape index (κ2) is 5.95. The van der Waals surface area contributed by atoms with E-state index in [0.29, 0.717) is 6.61 Å². The highest BCUT2D eigenvalue weighted by atomic mass is 31.0. The van der Waals surface area contributed by atoms with Crippen LogP contribution in [0.5, 0.6) is 5.75 Å². The lowest BCUT2D eigenvalue weighted by Crippen LogP contribution is -1.99. The Kier molecular flexibility index (Phi) is 4.81. The molecule has 1 unspecified atom stereocenters. The Labute approximate surface area is 81.5 Å². The minimum Gasteiger partial charge on any atom is -0.493 e. The lowest BCUT2D eigenvalue weighted by atomic mass is 10.2. The van der Waals surface area contributed by atoms with Gasteiger partial charge in [0.2, 0.25) is 0 Å². The number of benzene rings is 1. The van der Waals surface area contributed by atoms with Crippen molar-refractivity contribution in [2.75, 3.05) is 13.2 Å². The molecule has 2 nitrogen and oxygen atoms in total. The van der Waals surface area contributed by atoms with Gasteiger partial charge in [-0.15, -0.1) is 0 Å². The zero-order chi connectivity index (χ0) is 9.52. The van der Waals surface area contributed by atoms with E-state index in [9.17, 15) is 0 Å². The van der Waals surface area contributed by atoms with Crippen LogP contribution in [0.1, 0.15) is 12.0 Å². The highest BCUT2D eigenvalue weighted by Gasteiger charge is 1.92. The number of hydrogen-bond acceptors (Lipinski definition) is 2. The Bertz CT molecular complexity index is 250.